The van der Waals surface area contributed by atoms with Gasteiger partial charge in [0, 0.05) is 0 Å². The number of unbranched alkanes of at least 4 members (excludes halogenated alkanes) is 2. The number of carbonyl (C=O) groups excluding carboxylic acids is 2. The van der Waals surface area contributed by atoms with Crippen molar-refractivity contribution in [3.8, 4) is 0 Å². The van der Waals surface area contributed by atoms with Crippen molar-refractivity contribution in [3.63, 3.8) is 0 Å². The minimum atomic E-state index is -1.29. The SMILES string of the molecule is CCCCOC(=O)C1CC(C(=O)O)C(C(=O)O)CC1C(=O)OCCCC. The maximum Gasteiger partial charge on any atom is 0.309 e. The molecule has 0 aromatic rings. The number of carboxylic acid groups (broad SMARTS) is 2. The summed E-state index contributed by atoms with van der Waals surface area (Å²) in [6.07, 6.45) is 2.46. The molecule has 4 atom stereocenters. The van der Waals surface area contributed by atoms with Crippen LogP contribution in [0.5, 0.6) is 0 Å². The minimum Gasteiger partial charge on any atom is -0.481 e. The van der Waals surface area contributed by atoms with Gasteiger partial charge in [0.15, 0.2) is 0 Å². The Balaban J connectivity index is 2.97. The molecule has 1 rings (SSSR count). The molecule has 2 N–H and O–H groups in total. The van der Waals surface area contributed by atoms with Gasteiger partial charge in [0.2, 0.25) is 0 Å². The van der Waals surface area contributed by atoms with Crippen LogP contribution < -0.4 is 0 Å². The summed E-state index contributed by atoms with van der Waals surface area (Å²) in [6, 6.07) is 0. The van der Waals surface area contributed by atoms with E-state index in [2.05, 4.69) is 0 Å². The summed E-state index contributed by atoms with van der Waals surface area (Å²) in [4.78, 5) is 47.7. The van der Waals surface area contributed by atoms with Gasteiger partial charge in [0.25, 0.3) is 0 Å². The van der Waals surface area contributed by atoms with Gasteiger partial charge in [-0.05, 0) is 25.7 Å². The zero-order valence-electron chi connectivity index (χ0n) is 15.3. The Morgan fingerprint density at radius 2 is 1.08 bits per heavy atom. The van der Waals surface area contributed by atoms with E-state index in [9.17, 15) is 29.4 Å². The van der Waals surface area contributed by atoms with E-state index < -0.39 is 47.5 Å². The van der Waals surface area contributed by atoms with Crippen molar-refractivity contribution >= 4 is 23.9 Å². The number of hydrogen-bond donors (Lipinski definition) is 2. The fraction of sp³-hybridized carbons (Fsp3) is 0.778. The van der Waals surface area contributed by atoms with Crippen molar-refractivity contribution in [1.29, 1.82) is 0 Å². The number of aliphatic carboxylic acids is 2. The lowest BCUT2D eigenvalue weighted by Gasteiger charge is -2.35. The molecular formula is C18H28O8. The van der Waals surface area contributed by atoms with E-state index in [1.807, 2.05) is 13.8 Å². The molecule has 4 unspecified atom stereocenters. The standard InChI is InChI=1S/C18H28O8/c1-3-5-7-25-17(23)13-9-11(15(19)20)12(16(21)22)10-14(13)18(24)26-8-6-4-2/h11-14H,3-10H2,1-2H3,(H,19,20)(H,21,22). The van der Waals surface area contributed by atoms with Crippen molar-refractivity contribution in [2.75, 3.05) is 13.2 Å². The lowest BCUT2D eigenvalue weighted by atomic mass is 9.68. The highest BCUT2D eigenvalue weighted by molar-refractivity contribution is 5.86. The molecule has 148 valence electrons. The first-order valence-corrected chi connectivity index (χ1v) is 9.12. The monoisotopic (exact) mass is 372 g/mol. The molecule has 8 heteroatoms. The summed E-state index contributed by atoms with van der Waals surface area (Å²) in [5.74, 6) is -8.39. The van der Waals surface area contributed by atoms with Gasteiger partial charge in [-0.3, -0.25) is 19.2 Å². The molecule has 0 radical (unpaired) electrons. The molecule has 8 nitrogen and oxygen atoms in total. The molecule has 1 aliphatic rings. The van der Waals surface area contributed by atoms with Crippen LogP contribution in [0.15, 0.2) is 0 Å². The highest BCUT2D eigenvalue weighted by atomic mass is 16.5. The molecule has 1 fully saturated rings. The van der Waals surface area contributed by atoms with E-state index in [1.165, 1.54) is 0 Å². The van der Waals surface area contributed by atoms with Crippen molar-refractivity contribution in [1.82, 2.24) is 0 Å². The van der Waals surface area contributed by atoms with E-state index in [0.29, 0.717) is 12.8 Å². The molecule has 0 saturated heterocycles. The van der Waals surface area contributed by atoms with Crippen LogP contribution in [-0.4, -0.2) is 47.3 Å². The molecule has 0 amide bonds. The van der Waals surface area contributed by atoms with Crippen LogP contribution in [-0.2, 0) is 28.7 Å². The summed E-state index contributed by atoms with van der Waals surface area (Å²) >= 11 is 0. The number of carbonyl (C=O) groups is 4. The molecule has 0 heterocycles. The summed E-state index contributed by atoms with van der Waals surface area (Å²) in [5, 5.41) is 18.7. The first kappa shape index (κ1) is 21.9. The largest absolute Gasteiger partial charge is 0.481 e. The van der Waals surface area contributed by atoms with E-state index in [0.717, 1.165) is 12.8 Å². The lowest BCUT2D eigenvalue weighted by molar-refractivity contribution is -0.172. The van der Waals surface area contributed by atoms with Gasteiger partial charge in [0.05, 0.1) is 36.9 Å². The van der Waals surface area contributed by atoms with Gasteiger partial charge < -0.3 is 19.7 Å². The van der Waals surface area contributed by atoms with Crippen molar-refractivity contribution in [2.45, 2.75) is 52.4 Å². The third-order valence-corrected chi connectivity index (χ3v) is 4.71. The van der Waals surface area contributed by atoms with Crippen LogP contribution in [0.3, 0.4) is 0 Å². The minimum absolute atomic E-state index is 0.184. The van der Waals surface area contributed by atoms with Gasteiger partial charge >= 0.3 is 23.9 Å². The number of carboxylic acids is 2. The maximum absolute atomic E-state index is 12.4. The maximum atomic E-state index is 12.4. The number of hydrogen-bond acceptors (Lipinski definition) is 6. The topological polar surface area (TPSA) is 127 Å². The Bertz CT molecular complexity index is 469. The second-order valence-electron chi connectivity index (χ2n) is 6.62. The average molecular weight is 372 g/mol. The van der Waals surface area contributed by atoms with Gasteiger partial charge in [-0.1, -0.05) is 26.7 Å². The normalized spacial score (nSPS) is 25.3. The van der Waals surface area contributed by atoms with Crippen LogP contribution in [0, 0.1) is 23.7 Å². The number of esters is 2. The lowest BCUT2D eigenvalue weighted by Crippen LogP contribution is -2.46. The predicted octanol–water partition coefficient (Wildman–Crippen LogP) is 2.10. The van der Waals surface area contributed by atoms with Gasteiger partial charge in [-0.2, -0.15) is 0 Å². The van der Waals surface area contributed by atoms with Crippen molar-refractivity contribution < 1.29 is 38.9 Å². The third-order valence-electron chi connectivity index (χ3n) is 4.71. The van der Waals surface area contributed by atoms with Gasteiger partial charge in [-0.25, -0.2) is 0 Å². The molecule has 0 aliphatic heterocycles. The summed E-state index contributed by atoms with van der Waals surface area (Å²) in [5.41, 5.74) is 0. The van der Waals surface area contributed by atoms with Crippen LogP contribution >= 0.6 is 0 Å². The quantitative estimate of drug-likeness (QED) is 0.441. The molecule has 1 saturated carbocycles. The Labute approximate surface area is 152 Å². The number of rotatable bonds is 10. The van der Waals surface area contributed by atoms with Crippen LogP contribution in [0.4, 0.5) is 0 Å². The summed E-state index contributed by atoms with van der Waals surface area (Å²) in [7, 11) is 0. The average Bonchev–Trinajstić information content (AvgIpc) is 2.60. The summed E-state index contributed by atoms with van der Waals surface area (Å²) < 4.78 is 10.3. The second kappa shape index (κ2) is 10.8. The summed E-state index contributed by atoms with van der Waals surface area (Å²) in [6.45, 7) is 4.23. The molecule has 0 aromatic heterocycles. The Kier molecular flexibility index (Phi) is 9.09. The fourth-order valence-electron chi connectivity index (χ4n) is 3.12. The first-order chi connectivity index (χ1) is 12.3. The second-order valence-corrected chi connectivity index (χ2v) is 6.62. The highest BCUT2D eigenvalue weighted by Crippen LogP contribution is 2.40. The van der Waals surface area contributed by atoms with Gasteiger partial charge in [0.1, 0.15) is 0 Å². The first-order valence-electron chi connectivity index (χ1n) is 9.12. The van der Waals surface area contributed by atoms with Gasteiger partial charge in [-0.15, -0.1) is 0 Å². The Morgan fingerprint density at radius 3 is 1.35 bits per heavy atom. The third kappa shape index (κ3) is 6.00. The van der Waals surface area contributed by atoms with E-state index in [1.54, 1.807) is 0 Å². The van der Waals surface area contributed by atoms with E-state index >= 15 is 0 Å². The highest BCUT2D eigenvalue weighted by Gasteiger charge is 2.50. The molecular weight excluding hydrogens is 344 g/mol. The molecule has 0 bridgehead atoms. The molecule has 26 heavy (non-hydrogen) atoms. The van der Waals surface area contributed by atoms with E-state index in [-0.39, 0.29) is 26.1 Å². The van der Waals surface area contributed by atoms with Crippen LogP contribution in [0.2, 0.25) is 0 Å². The molecule has 0 spiro atoms. The zero-order chi connectivity index (χ0) is 19.7. The molecule has 0 aromatic carbocycles. The Morgan fingerprint density at radius 1 is 0.731 bits per heavy atom. The number of ether oxygens (including phenoxy) is 2. The van der Waals surface area contributed by atoms with Crippen LogP contribution in [0.1, 0.15) is 52.4 Å². The Hall–Kier alpha value is -2.12. The fourth-order valence-corrected chi connectivity index (χ4v) is 3.12. The van der Waals surface area contributed by atoms with Crippen molar-refractivity contribution in [2.24, 2.45) is 23.7 Å². The van der Waals surface area contributed by atoms with Crippen LogP contribution in [0.25, 0.3) is 0 Å². The molecule has 1 aliphatic carbocycles. The van der Waals surface area contributed by atoms with Crippen molar-refractivity contribution in [3.05, 3.63) is 0 Å². The zero-order valence-corrected chi connectivity index (χ0v) is 15.3. The van der Waals surface area contributed by atoms with E-state index in [4.69, 9.17) is 9.47 Å². The smallest absolute Gasteiger partial charge is 0.309 e. The predicted molar refractivity (Wildman–Crippen MR) is 90.2 cm³/mol.